The maximum Gasteiger partial charge on any atom is 0.279 e. The number of aromatic nitrogens is 2. The van der Waals surface area contributed by atoms with Crippen molar-refractivity contribution in [2.75, 3.05) is 0 Å². The van der Waals surface area contributed by atoms with Gasteiger partial charge in [-0.15, -0.1) is 0 Å². The first-order chi connectivity index (χ1) is 8.75. The van der Waals surface area contributed by atoms with Crippen LogP contribution in [-0.2, 0) is 0 Å². The maximum atomic E-state index is 12.3. The highest BCUT2D eigenvalue weighted by Crippen LogP contribution is 2.14. The molecule has 0 aliphatic heterocycles. The number of fused-ring (bicyclic) bond motifs is 1. The molecule has 3 rings (SSSR count). The predicted octanol–water partition coefficient (Wildman–Crippen LogP) is 3.15. The summed E-state index contributed by atoms with van der Waals surface area (Å²) in [4.78, 5) is 12.3. The first-order valence-electron chi connectivity index (χ1n) is 5.49. The summed E-state index contributed by atoms with van der Waals surface area (Å²) in [5, 5.41) is 5.73. The second kappa shape index (κ2) is 4.38. The molecule has 0 atom stereocenters. The second-order valence-corrected chi connectivity index (χ2v) is 4.84. The van der Waals surface area contributed by atoms with Crippen molar-refractivity contribution in [3.63, 3.8) is 0 Å². The third-order valence-electron chi connectivity index (χ3n) is 2.75. The fourth-order valence-corrected chi connectivity index (χ4v) is 2.27. The molecule has 0 saturated heterocycles. The minimum atomic E-state index is -0.105. The minimum absolute atomic E-state index is 0.105. The molecule has 2 aromatic carbocycles. The highest BCUT2D eigenvalue weighted by atomic mass is 79.9. The third kappa shape index (κ3) is 1.84. The first kappa shape index (κ1) is 11.2. The van der Waals surface area contributed by atoms with E-state index in [9.17, 15) is 4.79 Å². The quantitative estimate of drug-likeness (QED) is 0.692. The summed E-state index contributed by atoms with van der Waals surface area (Å²) in [6.45, 7) is 0. The number of rotatable bonds is 1. The van der Waals surface area contributed by atoms with E-state index in [0.29, 0.717) is 5.39 Å². The van der Waals surface area contributed by atoms with Crippen molar-refractivity contribution in [2.24, 2.45) is 0 Å². The number of benzene rings is 2. The number of hydrogen-bond donors (Lipinski definition) is 0. The second-order valence-electron chi connectivity index (χ2n) is 3.93. The molecule has 88 valence electrons. The van der Waals surface area contributed by atoms with Gasteiger partial charge in [-0.05, 0) is 24.3 Å². The van der Waals surface area contributed by atoms with Gasteiger partial charge in [-0.1, -0.05) is 40.2 Å². The Balaban J connectivity index is 2.31. The largest absolute Gasteiger partial charge is 0.279 e. The van der Waals surface area contributed by atoms with E-state index < -0.39 is 0 Å². The molecular weight excluding hydrogens is 292 g/mol. The van der Waals surface area contributed by atoms with Crippen molar-refractivity contribution >= 4 is 26.7 Å². The average Bonchev–Trinajstić information content (AvgIpc) is 2.39. The van der Waals surface area contributed by atoms with Gasteiger partial charge in [0.15, 0.2) is 0 Å². The third-order valence-corrected chi connectivity index (χ3v) is 3.24. The molecule has 0 bridgehead atoms. The van der Waals surface area contributed by atoms with Crippen molar-refractivity contribution in [2.45, 2.75) is 0 Å². The van der Waals surface area contributed by atoms with Crippen LogP contribution in [-0.4, -0.2) is 9.78 Å². The van der Waals surface area contributed by atoms with Gasteiger partial charge in [-0.3, -0.25) is 4.79 Å². The summed E-state index contributed by atoms with van der Waals surface area (Å²) in [6.07, 6.45) is 1.71. The van der Waals surface area contributed by atoms with Crippen LogP contribution in [0.15, 0.2) is 64.0 Å². The normalized spacial score (nSPS) is 10.7. The van der Waals surface area contributed by atoms with E-state index in [1.807, 2.05) is 48.5 Å². The van der Waals surface area contributed by atoms with Gasteiger partial charge in [-0.2, -0.15) is 9.78 Å². The lowest BCUT2D eigenvalue weighted by atomic mass is 10.2. The van der Waals surface area contributed by atoms with Crippen molar-refractivity contribution in [3.05, 3.63) is 69.6 Å². The van der Waals surface area contributed by atoms with Gasteiger partial charge in [0, 0.05) is 9.86 Å². The van der Waals surface area contributed by atoms with E-state index in [1.165, 1.54) is 4.68 Å². The molecule has 1 heterocycles. The van der Waals surface area contributed by atoms with Crippen LogP contribution in [0.25, 0.3) is 16.5 Å². The monoisotopic (exact) mass is 300 g/mol. The van der Waals surface area contributed by atoms with Crippen molar-refractivity contribution < 1.29 is 0 Å². The Kier molecular flexibility index (Phi) is 2.72. The fourth-order valence-electron chi connectivity index (χ4n) is 1.88. The molecule has 0 fully saturated rings. The van der Waals surface area contributed by atoms with Crippen LogP contribution < -0.4 is 5.56 Å². The molecule has 0 N–H and O–H groups in total. The summed E-state index contributed by atoms with van der Waals surface area (Å²) >= 11 is 3.39. The molecular formula is C14H9BrN2O. The molecule has 0 amide bonds. The van der Waals surface area contributed by atoms with Crippen LogP contribution in [0.3, 0.4) is 0 Å². The molecule has 1 aromatic heterocycles. The van der Waals surface area contributed by atoms with Crippen LogP contribution >= 0.6 is 15.9 Å². The minimum Gasteiger partial charge on any atom is -0.267 e. The Bertz CT molecular complexity index is 780. The molecule has 0 aliphatic rings. The molecule has 3 aromatic rings. The van der Waals surface area contributed by atoms with Gasteiger partial charge in [0.25, 0.3) is 5.56 Å². The highest BCUT2D eigenvalue weighted by Gasteiger charge is 2.05. The van der Waals surface area contributed by atoms with Crippen molar-refractivity contribution in [1.29, 1.82) is 0 Å². The lowest BCUT2D eigenvalue weighted by Gasteiger charge is -2.05. The highest BCUT2D eigenvalue weighted by molar-refractivity contribution is 9.10. The Hall–Kier alpha value is -1.94. The molecule has 0 saturated carbocycles. The molecule has 0 radical (unpaired) electrons. The zero-order chi connectivity index (χ0) is 12.5. The summed E-state index contributed by atoms with van der Waals surface area (Å²) in [6, 6.07) is 15.0. The van der Waals surface area contributed by atoms with Gasteiger partial charge >= 0.3 is 0 Å². The van der Waals surface area contributed by atoms with E-state index in [4.69, 9.17) is 0 Å². The van der Waals surface area contributed by atoms with Crippen molar-refractivity contribution in [1.82, 2.24) is 9.78 Å². The van der Waals surface area contributed by atoms with Gasteiger partial charge in [-0.25, -0.2) is 0 Å². The van der Waals surface area contributed by atoms with Crippen LogP contribution in [0, 0.1) is 0 Å². The van der Waals surface area contributed by atoms with Crippen LogP contribution in [0.4, 0.5) is 0 Å². The van der Waals surface area contributed by atoms with Gasteiger partial charge in [0.2, 0.25) is 0 Å². The molecule has 0 aliphatic carbocycles. The van der Waals surface area contributed by atoms with E-state index in [0.717, 1.165) is 15.5 Å². The number of hydrogen-bond acceptors (Lipinski definition) is 2. The van der Waals surface area contributed by atoms with Crippen LogP contribution in [0.5, 0.6) is 0 Å². The SMILES string of the molecule is O=c1c2ccccc2cnn1-c1cccc(Br)c1. The van der Waals surface area contributed by atoms with Gasteiger partial charge in [0.1, 0.15) is 0 Å². The molecule has 0 spiro atoms. The zero-order valence-electron chi connectivity index (χ0n) is 9.38. The predicted molar refractivity (Wildman–Crippen MR) is 75.0 cm³/mol. The number of nitrogens with zero attached hydrogens (tertiary/aromatic N) is 2. The lowest BCUT2D eigenvalue weighted by Crippen LogP contribution is -2.20. The Labute approximate surface area is 112 Å². The maximum absolute atomic E-state index is 12.3. The van der Waals surface area contributed by atoms with E-state index >= 15 is 0 Å². The van der Waals surface area contributed by atoms with Crippen LogP contribution in [0.2, 0.25) is 0 Å². The topological polar surface area (TPSA) is 34.9 Å². The zero-order valence-corrected chi connectivity index (χ0v) is 11.0. The smallest absolute Gasteiger partial charge is 0.267 e. The first-order valence-corrected chi connectivity index (χ1v) is 6.28. The fraction of sp³-hybridized carbons (Fsp3) is 0. The van der Waals surface area contributed by atoms with Gasteiger partial charge < -0.3 is 0 Å². The molecule has 3 nitrogen and oxygen atoms in total. The van der Waals surface area contributed by atoms with E-state index in [1.54, 1.807) is 6.20 Å². The standard InChI is InChI=1S/C14H9BrN2O/c15-11-5-3-6-12(8-11)17-14(18)13-7-2-1-4-10(13)9-16-17/h1-9H. The summed E-state index contributed by atoms with van der Waals surface area (Å²) in [7, 11) is 0. The van der Waals surface area contributed by atoms with Crippen molar-refractivity contribution in [3.8, 4) is 5.69 Å². The number of halogens is 1. The average molecular weight is 301 g/mol. The molecule has 18 heavy (non-hydrogen) atoms. The van der Waals surface area contributed by atoms with Gasteiger partial charge in [0.05, 0.1) is 17.3 Å². The lowest BCUT2D eigenvalue weighted by molar-refractivity contribution is 0.820. The Morgan fingerprint density at radius 2 is 1.89 bits per heavy atom. The Morgan fingerprint density at radius 3 is 2.72 bits per heavy atom. The summed E-state index contributed by atoms with van der Waals surface area (Å²) in [5.74, 6) is 0. The summed E-state index contributed by atoms with van der Waals surface area (Å²) in [5.41, 5.74) is 0.645. The molecule has 4 heteroatoms. The Morgan fingerprint density at radius 1 is 1.06 bits per heavy atom. The van der Waals surface area contributed by atoms with Crippen LogP contribution in [0.1, 0.15) is 0 Å². The van der Waals surface area contributed by atoms with E-state index in [-0.39, 0.29) is 5.56 Å². The molecule has 0 unspecified atom stereocenters. The van der Waals surface area contributed by atoms with E-state index in [2.05, 4.69) is 21.0 Å². The summed E-state index contributed by atoms with van der Waals surface area (Å²) < 4.78 is 2.33.